The van der Waals surface area contributed by atoms with Gasteiger partial charge >= 0.3 is 0 Å². The Morgan fingerprint density at radius 3 is 2.67 bits per heavy atom. The van der Waals surface area contributed by atoms with Gasteiger partial charge in [0.25, 0.3) is 5.91 Å². The summed E-state index contributed by atoms with van der Waals surface area (Å²) in [6, 6.07) is -0.487. The minimum absolute atomic E-state index is 0. The Morgan fingerprint density at radius 2 is 2.00 bits per heavy atom. The molecular formula is C17H25ClN4O3S2. The van der Waals surface area contributed by atoms with Gasteiger partial charge in [0.2, 0.25) is 11.8 Å². The molecule has 7 nitrogen and oxygen atoms in total. The number of thioether (sulfide) groups is 1. The summed E-state index contributed by atoms with van der Waals surface area (Å²) in [6.45, 7) is 1.09. The molecular weight excluding hydrogens is 408 g/mol. The fraction of sp³-hybridized carbons (Fsp3) is 0.588. The first-order valence-electron chi connectivity index (χ1n) is 8.55. The zero-order chi connectivity index (χ0) is 19.0. The molecule has 3 heterocycles. The van der Waals surface area contributed by atoms with Crippen LogP contribution in [0.25, 0.3) is 0 Å². The van der Waals surface area contributed by atoms with Gasteiger partial charge in [-0.3, -0.25) is 14.4 Å². The first kappa shape index (κ1) is 22.0. The van der Waals surface area contributed by atoms with E-state index in [2.05, 4.69) is 0 Å². The maximum Gasteiger partial charge on any atom is 0.257 e. The smallest absolute Gasteiger partial charge is 0.257 e. The lowest BCUT2D eigenvalue weighted by molar-refractivity contribution is -0.133. The van der Waals surface area contributed by atoms with Crippen molar-refractivity contribution in [3.05, 3.63) is 16.0 Å². The van der Waals surface area contributed by atoms with E-state index in [-0.39, 0.29) is 36.7 Å². The largest absolute Gasteiger partial charge is 0.336 e. The van der Waals surface area contributed by atoms with Gasteiger partial charge in [0, 0.05) is 25.5 Å². The summed E-state index contributed by atoms with van der Waals surface area (Å²) >= 11 is 3.11. The molecule has 1 aromatic heterocycles. The molecule has 2 N–H and O–H groups in total. The number of likely N-dealkylation sites (N-methyl/N-ethyl adjacent to an activating group) is 2. The molecule has 2 aliphatic heterocycles. The van der Waals surface area contributed by atoms with Gasteiger partial charge in [-0.15, -0.1) is 23.7 Å². The molecule has 1 aromatic rings. The zero-order valence-corrected chi connectivity index (χ0v) is 18.1. The van der Waals surface area contributed by atoms with Crippen molar-refractivity contribution >= 4 is 58.2 Å². The topological polar surface area (TPSA) is 87.0 Å². The Labute approximate surface area is 173 Å². The van der Waals surface area contributed by atoms with Crippen LogP contribution in [0.3, 0.4) is 0 Å². The van der Waals surface area contributed by atoms with Crippen molar-refractivity contribution in [3.8, 4) is 0 Å². The standard InChI is InChI=1S/C17H24N4O3S2.ClH/c1-19-9-13(22)20(2)17-14(16(19)24)10-4-6-21(8-12(10)26-17)15(23)11(18)5-7-25-3;/h11H,4-9,18H2,1-3H3;1H/t11-;/m0./s1. The van der Waals surface area contributed by atoms with Gasteiger partial charge < -0.3 is 20.4 Å². The molecule has 3 amide bonds. The van der Waals surface area contributed by atoms with E-state index in [1.807, 2.05) is 6.26 Å². The lowest BCUT2D eigenvalue weighted by atomic mass is 10.0. The number of nitrogens with zero attached hydrogens (tertiary/aromatic N) is 3. The molecule has 0 spiro atoms. The number of carbonyl (C=O) groups excluding carboxylic acids is 3. The van der Waals surface area contributed by atoms with Gasteiger partial charge in [0.05, 0.1) is 18.2 Å². The van der Waals surface area contributed by atoms with E-state index in [9.17, 15) is 14.4 Å². The maximum absolute atomic E-state index is 12.8. The summed E-state index contributed by atoms with van der Waals surface area (Å²) in [4.78, 5) is 43.4. The van der Waals surface area contributed by atoms with E-state index in [1.54, 1.807) is 35.7 Å². The number of nitrogens with two attached hydrogens (primary N) is 1. The van der Waals surface area contributed by atoms with Crippen LogP contribution in [0.4, 0.5) is 5.00 Å². The highest BCUT2D eigenvalue weighted by Gasteiger charge is 2.36. The number of halogens is 1. The van der Waals surface area contributed by atoms with E-state index < -0.39 is 6.04 Å². The van der Waals surface area contributed by atoms with Crippen LogP contribution in [0.5, 0.6) is 0 Å². The molecule has 10 heteroatoms. The second kappa shape index (κ2) is 8.81. The minimum atomic E-state index is -0.487. The molecule has 150 valence electrons. The van der Waals surface area contributed by atoms with Gasteiger partial charge in [0.1, 0.15) is 11.5 Å². The van der Waals surface area contributed by atoms with Crippen molar-refractivity contribution in [2.24, 2.45) is 5.73 Å². The van der Waals surface area contributed by atoms with Crippen LogP contribution in [0.1, 0.15) is 27.2 Å². The van der Waals surface area contributed by atoms with Crippen LogP contribution in [-0.4, -0.2) is 72.8 Å². The molecule has 0 saturated carbocycles. The number of rotatable bonds is 4. The predicted octanol–water partition coefficient (Wildman–Crippen LogP) is 1.18. The quantitative estimate of drug-likeness (QED) is 0.772. The van der Waals surface area contributed by atoms with Gasteiger partial charge in [-0.2, -0.15) is 11.8 Å². The Hall–Kier alpha value is -1.29. The van der Waals surface area contributed by atoms with Gasteiger partial charge in [-0.1, -0.05) is 0 Å². The molecule has 0 fully saturated rings. The summed E-state index contributed by atoms with van der Waals surface area (Å²) in [7, 11) is 3.35. The Bertz CT molecular complexity index is 755. The molecule has 0 unspecified atom stereocenters. The molecule has 0 radical (unpaired) electrons. The molecule has 1 atom stereocenters. The van der Waals surface area contributed by atoms with Crippen LogP contribution in [0, 0.1) is 0 Å². The van der Waals surface area contributed by atoms with E-state index in [1.165, 1.54) is 16.2 Å². The molecule has 0 saturated heterocycles. The molecule has 3 rings (SSSR count). The average molecular weight is 433 g/mol. The summed E-state index contributed by atoms with van der Waals surface area (Å²) in [6.07, 6.45) is 3.27. The van der Waals surface area contributed by atoms with Crippen LogP contribution in [-0.2, 0) is 22.6 Å². The highest BCUT2D eigenvalue weighted by molar-refractivity contribution is 7.98. The number of hydrogen-bond acceptors (Lipinski definition) is 6. The number of hydrogen-bond donors (Lipinski definition) is 1. The SMILES string of the molecule is CSCC[C@H](N)C(=O)N1CCc2c(sc3c2C(=O)N(C)CC(=O)N3C)C1.Cl. The Balaban J connectivity index is 0.00000261. The number of carbonyl (C=O) groups is 3. The number of anilines is 1. The van der Waals surface area contributed by atoms with Crippen LogP contribution >= 0.6 is 35.5 Å². The van der Waals surface area contributed by atoms with Crippen LogP contribution in [0.15, 0.2) is 0 Å². The van der Waals surface area contributed by atoms with Crippen LogP contribution in [0.2, 0.25) is 0 Å². The van der Waals surface area contributed by atoms with E-state index in [4.69, 9.17) is 5.73 Å². The zero-order valence-electron chi connectivity index (χ0n) is 15.7. The van der Waals surface area contributed by atoms with Gasteiger partial charge in [-0.05, 0) is 30.4 Å². The second-order valence-electron chi connectivity index (χ2n) is 6.70. The highest BCUT2D eigenvalue weighted by Crippen LogP contribution is 2.40. The van der Waals surface area contributed by atoms with Crippen molar-refractivity contribution in [1.29, 1.82) is 0 Å². The van der Waals surface area contributed by atoms with E-state index >= 15 is 0 Å². The number of amides is 3. The van der Waals surface area contributed by atoms with E-state index in [0.717, 1.165) is 16.2 Å². The van der Waals surface area contributed by atoms with Crippen molar-refractivity contribution < 1.29 is 14.4 Å². The third-order valence-corrected chi connectivity index (χ3v) is 6.85. The average Bonchev–Trinajstić information content (AvgIpc) is 2.98. The fourth-order valence-electron chi connectivity index (χ4n) is 3.32. The molecule has 0 aliphatic carbocycles. The predicted molar refractivity (Wildman–Crippen MR) is 112 cm³/mol. The Morgan fingerprint density at radius 1 is 1.30 bits per heavy atom. The number of thiophene rings is 1. The van der Waals surface area contributed by atoms with Crippen molar-refractivity contribution in [3.63, 3.8) is 0 Å². The summed E-state index contributed by atoms with van der Waals surface area (Å²) < 4.78 is 0. The summed E-state index contributed by atoms with van der Waals surface area (Å²) in [5, 5.41) is 0.690. The highest BCUT2D eigenvalue weighted by atomic mass is 35.5. The molecule has 27 heavy (non-hydrogen) atoms. The lowest BCUT2D eigenvalue weighted by Crippen LogP contribution is -2.46. The summed E-state index contributed by atoms with van der Waals surface area (Å²) in [5.41, 5.74) is 7.64. The van der Waals surface area contributed by atoms with E-state index in [0.29, 0.717) is 36.5 Å². The third-order valence-electron chi connectivity index (χ3n) is 4.91. The third kappa shape index (κ3) is 4.11. The van der Waals surface area contributed by atoms with Crippen molar-refractivity contribution in [2.75, 3.05) is 44.1 Å². The van der Waals surface area contributed by atoms with Gasteiger partial charge in [-0.25, -0.2) is 0 Å². The monoisotopic (exact) mass is 432 g/mol. The molecule has 0 aromatic carbocycles. The Kier molecular flexibility index (Phi) is 7.18. The maximum atomic E-state index is 12.8. The van der Waals surface area contributed by atoms with Crippen molar-refractivity contribution in [1.82, 2.24) is 9.80 Å². The van der Waals surface area contributed by atoms with Crippen molar-refractivity contribution in [2.45, 2.75) is 25.4 Å². The first-order chi connectivity index (χ1) is 12.3. The molecule has 2 aliphatic rings. The van der Waals surface area contributed by atoms with Gasteiger partial charge in [0.15, 0.2) is 0 Å². The molecule has 0 bridgehead atoms. The second-order valence-corrected chi connectivity index (χ2v) is 8.76. The summed E-state index contributed by atoms with van der Waals surface area (Å²) in [5.74, 6) is 0.588. The minimum Gasteiger partial charge on any atom is -0.336 e. The first-order valence-corrected chi connectivity index (χ1v) is 10.8. The lowest BCUT2D eigenvalue weighted by Gasteiger charge is -2.29. The number of fused-ring (bicyclic) bond motifs is 3. The fourth-order valence-corrected chi connectivity index (χ4v) is 5.14. The van der Waals surface area contributed by atoms with Crippen LogP contribution < -0.4 is 10.6 Å². The normalized spacial score (nSPS) is 17.9.